The highest BCUT2D eigenvalue weighted by Gasteiger charge is 2.36. The first-order valence-corrected chi connectivity index (χ1v) is 14.5. The van der Waals surface area contributed by atoms with Gasteiger partial charge in [0.2, 0.25) is 23.7 Å². The molecule has 2 aromatic carbocycles. The fourth-order valence-electron chi connectivity index (χ4n) is 5.28. The van der Waals surface area contributed by atoms with Crippen molar-refractivity contribution in [1.29, 1.82) is 0 Å². The largest absolute Gasteiger partial charge is 0.481 e. The summed E-state index contributed by atoms with van der Waals surface area (Å²) in [5, 5.41) is 18.8. The Labute approximate surface area is 272 Å². The number of carboxylic acid groups (broad SMARTS) is 2. The predicted molar refractivity (Wildman–Crippen MR) is 173 cm³/mol. The smallest absolute Gasteiger partial charge is 0.336 e. The highest BCUT2D eigenvalue weighted by Crippen LogP contribution is 2.33. The van der Waals surface area contributed by atoms with Gasteiger partial charge in [0.15, 0.2) is 0 Å². The number of aliphatic carboxylic acids is 2. The van der Waals surface area contributed by atoms with Crippen molar-refractivity contribution >= 4 is 34.0 Å². The fraction of sp³-hybridized carbons (Fsp3) is 0.250. The van der Waals surface area contributed by atoms with E-state index in [2.05, 4.69) is 19.9 Å². The van der Waals surface area contributed by atoms with Gasteiger partial charge in [-0.15, -0.1) is 0 Å². The second-order valence-corrected chi connectivity index (χ2v) is 11.5. The molecule has 16 nitrogen and oxygen atoms in total. The van der Waals surface area contributed by atoms with Gasteiger partial charge >= 0.3 is 23.3 Å². The molecule has 48 heavy (non-hydrogen) atoms. The van der Waals surface area contributed by atoms with Crippen LogP contribution in [0.2, 0.25) is 0 Å². The maximum absolute atomic E-state index is 13.2. The Kier molecular flexibility index (Phi) is 9.08. The Morgan fingerprint density at radius 2 is 1.19 bits per heavy atom. The molecule has 2 N–H and O–H groups in total. The van der Waals surface area contributed by atoms with Crippen molar-refractivity contribution in [2.75, 3.05) is 14.2 Å². The lowest BCUT2D eigenvalue weighted by atomic mass is 9.86. The van der Waals surface area contributed by atoms with Crippen molar-refractivity contribution in [1.82, 2.24) is 38.2 Å². The molecule has 0 saturated heterocycles. The van der Waals surface area contributed by atoms with Gasteiger partial charge in [0, 0.05) is 24.5 Å². The van der Waals surface area contributed by atoms with E-state index in [1.807, 2.05) is 0 Å². The predicted octanol–water partition coefficient (Wildman–Crippen LogP) is 2.94. The summed E-state index contributed by atoms with van der Waals surface area (Å²) < 4.78 is 15.2. The molecule has 4 heterocycles. The van der Waals surface area contributed by atoms with E-state index in [-0.39, 0.29) is 11.9 Å². The third kappa shape index (κ3) is 6.22. The van der Waals surface area contributed by atoms with E-state index in [1.54, 1.807) is 81.4 Å². The summed E-state index contributed by atoms with van der Waals surface area (Å²) in [5.74, 6) is -1.30. The van der Waals surface area contributed by atoms with E-state index in [1.165, 1.54) is 44.9 Å². The topological polar surface area (TPSA) is 198 Å². The van der Waals surface area contributed by atoms with E-state index in [0.29, 0.717) is 33.8 Å². The van der Waals surface area contributed by atoms with Gasteiger partial charge in [0.1, 0.15) is 12.6 Å². The number of carbonyl (C=O) groups is 2. The number of nitrogens with zero attached hydrogens (tertiary/aromatic N) is 8. The van der Waals surface area contributed by atoms with Crippen LogP contribution in [0.25, 0.3) is 34.0 Å². The molecule has 0 aliphatic rings. The number of carboxylic acids is 2. The van der Waals surface area contributed by atoms with Crippen LogP contribution in [-0.2, 0) is 16.1 Å². The first-order valence-electron chi connectivity index (χ1n) is 14.5. The molecule has 0 aliphatic heterocycles. The Hall–Kier alpha value is -6.32. The molecule has 6 aromatic rings. The van der Waals surface area contributed by atoms with Crippen molar-refractivity contribution in [3.05, 3.63) is 94.0 Å². The molecule has 4 aromatic heterocycles. The Balaban J connectivity index is 0.000000190. The number of hydrogen-bond donors (Lipinski definition) is 2. The number of imidazole rings is 2. The monoisotopic (exact) mass is 656 g/mol. The van der Waals surface area contributed by atoms with Gasteiger partial charge in [-0.05, 0) is 29.7 Å². The Morgan fingerprint density at radius 3 is 1.65 bits per heavy atom. The van der Waals surface area contributed by atoms with Crippen molar-refractivity contribution in [2.24, 2.45) is 5.41 Å². The highest BCUT2D eigenvalue weighted by atomic mass is 16.5. The zero-order chi connectivity index (χ0) is 34.7. The number of para-hydroxylation sites is 4. The molecule has 0 amide bonds. The first-order chi connectivity index (χ1) is 22.9. The number of hydrogen-bond acceptors (Lipinski definition) is 10. The molecule has 0 bridgehead atoms. The highest BCUT2D eigenvalue weighted by molar-refractivity contribution is 5.82. The minimum atomic E-state index is -1.10. The van der Waals surface area contributed by atoms with Gasteiger partial charge in [0.05, 0.1) is 36.3 Å². The number of fused-ring (bicyclic) bond motifs is 2. The molecule has 0 spiro atoms. The van der Waals surface area contributed by atoms with Crippen LogP contribution in [0.15, 0.2) is 82.6 Å². The van der Waals surface area contributed by atoms with Crippen molar-refractivity contribution < 1.29 is 29.3 Å². The average molecular weight is 657 g/mol. The van der Waals surface area contributed by atoms with E-state index in [0.717, 1.165) is 0 Å². The molecular formula is C32H32N8O8. The van der Waals surface area contributed by atoms with Crippen LogP contribution in [0.5, 0.6) is 11.8 Å². The third-order valence-corrected chi connectivity index (χ3v) is 7.27. The summed E-state index contributed by atoms with van der Waals surface area (Å²) >= 11 is 0. The van der Waals surface area contributed by atoms with Gasteiger partial charge in [-0.3, -0.25) is 13.9 Å². The normalized spacial score (nSPS) is 11.9. The summed E-state index contributed by atoms with van der Waals surface area (Å²) in [6.07, 6.45) is 2.95. The Bertz CT molecular complexity index is 2260. The SMILES string of the molecule is COc1ccnc(-n2c(=O)n(C(C(=O)O)C(C)(C)C)c3ccccc32)n1.COc1ccnc(-n2c(=O)n(CC(=O)O)c3ccccc32)n1. The molecule has 0 saturated carbocycles. The third-order valence-electron chi connectivity index (χ3n) is 7.27. The van der Waals surface area contributed by atoms with E-state index >= 15 is 0 Å². The zero-order valence-electron chi connectivity index (χ0n) is 26.6. The maximum Gasteiger partial charge on any atom is 0.336 e. The van der Waals surface area contributed by atoms with Gasteiger partial charge < -0.3 is 19.7 Å². The summed E-state index contributed by atoms with van der Waals surface area (Å²) in [6, 6.07) is 15.9. The van der Waals surface area contributed by atoms with Crippen molar-refractivity contribution in [2.45, 2.75) is 33.4 Å². The minimum absolute atomic E-state index is 0.127. The minimum Gasteiger partial charge on any atom is -0.481 e. The number of rotatable bonds is 8. The second-order valence-electron chi connectivity index (χ2n) is 11.5. The molecular weight excluding hydrogens is 624 g/mol. The first kappa shape index (κ1) is 33.1. The lowest BCUT2D eigenvalue weighted by Gasteiger charge is -2.27. The average Bonchev–Trinajstić information content (AvgIpc) is 3.50. The molecule has 16 heteroatoms. The zero-order valence-corrected chi connectivity index (χ0v) is 26.6. The second kappa shape index (κ2) is 13.2. The lowest BCUT2D eigenvalue weighted by molar-refractivity contribution is -0.144. The van der Waals surface area contributed by atoms with Crippen LogP contribution in [0.4, 0.5) is 0 Å². The van der Waals surface area contributed by atoms with Gasteiger partial charge in [-0.2, -0.15) is 9.97 Å². The summed E-state index contributed by atoms with van der Waals surface area (Å²) in [7, 11) is 2.93. The van der Waals surface area contributed by atoms with Crippen LogP contribution in [0.1, 0.15) is 26.8 Å². The number of aromatic nitrogens is 8. The molecule has 0 aliphatic carbocycles. The van der Waals surface area contributed by atoms with E-state index in [4.69, 9.17) is 14.6 Å². The van der Waals surface area contributed by atoms with Crippen molar-refractivity contribution in [3.63, 3.8) is 0 Å². The van der Waals surface area contributed by atoms with E-state index in [9.17, 15) is 24.3 Å². The van der Waals surface area contributed by atoms with E-state index < -0.39 is 41.3 Å². The summed E-state index contributed by atoms with van der Waals surface area (Å²) in [6.45, 7) is 4.92. The van der Waals surface area contributed by atoms with Gasteiger partial charge in [0.25, 0.3) is 0 Å². The molecule has 1 atom stereocenters. The molecule has 0 fully saturated rings. The summed E-state index contributed by atoms with van der Waals surface area (Å²) in [5.41, 5.74) is 0.356. The maximum atomic E-state index is 13.2. The van der Waals surface area contributed by atoms with Crippen LogP contribution >= 0.6 is 0 Å². The number of methoxy groups -OCH3 is 2. The van der Waals surface area contributed by atoms with Crippen molar-refractivity contribution in [3.8, 4) is 23.7 Å². The van der Waals surface area contributed by atoms with Crippen LogP contribution < -0.4 is 20.9 Å². The van der Waals surface area contributed by atoms with Gasteiger partial charge in [-0.25, -0.2) is 33.5 Å². The number of benzene rings is 2. The molecule has 6 rings (SSSR count). The van der Waals surface area contributed by atoms with Crippen LogP contribution in [0.3, 0.4) is 0 Å². The Morgan fingerprint density at radius 1 is 0.729 bits per heavy atom. The standard InChI is InChI=1S/C18H20N4O4.C14H12N4O4/c1-18(2,3)14(15(23)24)21-11-7-5-6-8-12(11)22(17(21)25)16-19-10-9-13(20-16)26-4;1-22-11-6-7-15-13(16-11)18-10-5-3-2-4-9(10)17(14(18)21)8-12(19)20/h5-10,14H,1-4H3,(H,23,24);2-7H,8H2,1H3,(H,19,20). The quantitative estimate of drug-likeness (QED) is 0.243. The molecule has 248 valence electrons. The number of ether oxygens (including phenoxy) is 2. The molecule has 0 radical (unpaired) electrons. The van der Waals surface area contributed by atoms with Crippen LogP contribution in [0, 0.1) is 5.41 Å². The summed E-state index contributed by atoms with van der Waals surface area (Å²) in [4.78, 5) is 65.3. The van der Waals surface area contributed by atoms with Crippen LogP contribution in [-0.4, -0.2) is 74.6 Å². The van der Waals surface area contributed by atoms with Gasteiger partial charge in [-0.1, -0.05) is 45.0 Å². The molecule has 1 unspecified atom stereocenters. The fourth-order valence-corrected chi connectivity index (χ4v) is 5.28. The lowest BCUT2D eigenvalue weighted by Crippen LogP contribution is -2.38.